The molecule has 118 valence electrons. The summed E-state index contributed by atoms with van der Waals surface area (Å²) in [6.45, 7) is 0. The minimum atomic E-state index is -5.72. The van der Waals surface area contributed by atoms with Crippen LogP contribution < -0.4 is 10.1 Å². The number of hydrogen-bond acceptors (Lipinski definition) is 2. The van der Waals surface area contributed by atoms with Crippen molar-refractivity contribution in [3.8, 4) is 5.75 Å². The zero-order valence-corrected chi connectivity index (χ0v) is 11.2. The molecule has 1 N–H and O–H groups in total. The van der Waals surface area contributed by atoms with Crippen LogP contribution in [-0.2, 0) is 0 Å². The van der Waals surface area contributed by atoms with Crippen molar-refractivity contribution in [3.63, 3.8) is 0 Å². The summed E-state index contributed by atoms with van der Waals surface area (Å²) in [7, 11) is 0. The molecule has 1 aromatic carbocycles. The number of alkyl halides is 6. The predicted octanol–water partition coefficient (Wildman–Crippen LogP) is 4.58. The Labute approximate surface area is 123 Å². The number of carbonyl (C=O) groups excluding carboxylic acids is 1. The maximum absolute atomic E-state index is 12.2. The van der Waals surface area contributed by atoms with Gasteiger partial charge in [-0.2, -0.15) is 26.3 Å². The van der Waals surface area contributed by atoms with E-state index in [0.717, 1.165) is 12.1 Å². The molecule has 0 aromatic heterocycles. The number of amides is 1. The molecule has 21 heavy (non-hydrogen) atoms. The van der Waals surface area contributed by atoms with Gasteiger partial charge in [-0.25, -0.2) is 4.79 Å². The van der Waals surface area contributed by atoms with E-state index in [1.807, 2.05) is 0 Å². The van der Waals surface area contributed by atoms with E-state index < -0.39 is 30.2 Å². The molecule has 0 bridgehead atoms. The Hall–Kier alpha value is -1.35. The van der Waals surface area contributed by atoms with Crippen LogP contribution in [0.5, 0.6) is 5.75 Å². The van der Waals surface area contributed by atoms with Crippen LogP contribution >= 0.6 is 23.2 Å². The van der Waals surface area contributed by atoms with E-state index in [4.69, 9.17) is 23.2 Å². The lowest BCUT2D eigenvalue weighted by Gasteiger charge is -2.23. The number of ether oxygens (including phenoxy) is 1. The molecule has 0 heterocycles. The van der Waals surface area contributed by atoms with Gasteiger partial charge in [0.15, 0.2) is 5.75 Å². The van der Waals surface area contributed by atoms with Gasteiger partial charge >= 0.3 is 18.4 Å². The molecule has 0 saturated heterocycles. The van der Waals surface area contributed by atoms with E-state index in [1.54, 1.807) is 0 Å². The second-order valence-electron chi connectivity index (χ2n) is 3.62. The molecule has 1 amide bonds. The van der Waals surface area contributed by atoms with Gasteiger partial charge in [0, 0.05) is 5.02 Å². The van der Waals surface area contributed by atoms with Gasteiger partial charge < -0.3 is 10.1 Å². The van der Waals surface area contributed by atoms with Crippen LogP contribution in [0.4, 0.5) is 31.1 Å². The van der Waals surface area contributed by atoms with Gasteiger partial charge in [0.2, 0.25) is 6.04 Å². The number of carbonyl (C=O) groups is 1. The molecule has 11 heteroatoms. The fraction of sp³-hybridized carbons (Fsp3) is 0.300. The van der Waals surface area contributed by atoms with Crippen LogP contribution in [0.2, 0.25) is 10.0 Å². The lowest BCUT2D eigenvalue weighted by Crippen LogP contribution is -2.55. The van der Waals surface area contributed by atoms with E-state index in [0.29, 0.717) is 5.32 Å². The molecule has 1 rings (SSSR count). The summed E-state index contributed by atoms with van der Waals surface area (Å²) in [4.78, 5) is 11.1. The van der Waals surface area contributed by atoms with E-state index >= 15 is 0 Å². The molecule has 0 radical (unpaired) electrons. The zero-order valence-electron chi connectivity index (χ0n) is 9.65. The Balaban J connectivity index is 2.84. The van der Waals surface area contributed by atoms with E-state index in [-0.39, 0.29) is 10.0 Å². The van der Waals surface area contributed by atoms with E-state index in [9.17, 15) is 31.1 Å². The fourth-order valence-electron chi connectivity index (χ4n) is 1.15. The van der Waals surface area contributed by atoms with Gasteiger partial charge in [0.1, 0.15) is 0 Å². The van der Waals surface area contributed by atoms with Crippen molar-refractivity contribution in [3.05, 3.63) is 28.2 Å². The van der Waals surface area contributed by atoms with Crippen LogP contribution in [0.1, 0.15) is 0 Å². The molecular weight excluding hydrogens is 351 g/mol. The number of rotatable bonds is 2. The molecular formula is C10H5Cl2F6NO2. The number of halogens is 8. The van der Waals surface area contributed by atoms with Crippen LogP contribution in [-0.4, -0.2) is 24.5 Å². The first kappa shape index (κ1) is 17.7. The van der Waals surface area contributed by atoms with Gasteiger partial charge in [-0.15, -0.1) is 0 Å². The van der Waals surface area contributed by atoms with Gasteiger partial charge in [-0.05, 0) is 18.2 Å². The SMILES string of the molecule is O=C(NC(C(F)(F)F)C(F)(F)F)Oc1ccc(Cl)cc1Cl. The van der Waals surface area contributed by atoms with Crippen molar-refractivity contribution >= 4 is 29.3 Å². The molecule has 0 atom stereocenters. The van der Waals surface area contributed by atoms with Crippen molar-refractivity contribution in [2.45, 2.75) is 18.4 Å². The number of nitrogens with one attached hydrogen (secondary N) is 1. The summed E-state index contributed by atoms with van der Waals surface area (Å²) in [5, 5.41) is 0.564. The first-order chi connectivity index (χ1) is 9.41. The summed E-state index contributed by atoms with van der Waals surface area (Å²) in [6, 6.07) is -0.762. The largest absolute Gasteiger partial charge is 0.417 e. The molecule has 0 spiro atoms. The summed E-state index contributed by atoms with van der Waals surface area (Å²) in [5.41, 5.74) is 0. The number of hydrogen-bond donors (Lipinski definition) is 1. The third kappa shape index (κ3) is 5.16. The van der Waals surface area contributed by atoms with Crippen molar-refractivity contribution in [1.82, 2.24) is 5.32 Å². The first-order valence-electron chi connectivity index (χ1n) is 4.98. The maximum atomic E-state index is 12.2. The average Bonchev–Trinajstić information content (AvgIpc) is 2.27. The van der Waals surface area contributed by atoms with Crippen molar-refractivity contribution in [2.75, 3.05) is 0 Å². The lowest BCUT2D eigenvalue weighted by atomic mass is 10.3. The maximum Gasteiger partial charge on any atom is 0.417 e. The van der Waals surface area contributed by atoms with Crippen molar-refractivity contribution < 1.29 is 35.9 Å². The fourth-order valence-corrected chi connectivity index (χ4v) is 1.60. The van der Waals surface area contributed by atoms with Crippen molar-refractivity contribution in [1.29, 1.82) is 0 Å². The highest BCUT2D eigenvalue weighted by molar-refractivity contribution is 6.35. The van der Waals surface area contributed by atoms with Crippen molar-refractivity contribution in [2.24, 2.45) is 0 Å². The monoisotopic (exact) mass is 355 g/mol. The third-order valence-corrected chi connectivity index (χ3v) is 2.54. The minimum absolute atomic E-state index is 0.135. The van der Waals surface area contributed by atoms with Crippen LogP contribution in [0, 0.1) is 0 Å². The van der Waals surface area contributed by atoms with Gasteiger partial charge in [0.05, 0.1) is 5.02 Å². The predicted molar refractivity (Wildman–Crippen MR) is 61.5 cm³/mol. The summed E-state index contributed by atoms with van der Waals surface area (Å²) in [6.07, 6.45) is -13.4. The molecule has 0 aliphatic rings. The highest BCUT2D eigenvalue weighted by Crippen LogP contribution is 2.33. The first-order valence-corrected chi connectivity index (χ1v) is 5.73. The van der Waals surface area contributed by atoms with Gasteiger partial charge in [-0.1, -0.05) is 23.2 Å². The van der Waals surface area contributed by atoms with Gasteiger partial charge in [0.25, 0.3) is 0 Å². The average molecular weight is 356 g/mol. The lowest BCUT2D eigenvalue weighted by molar-refractivity contribution is -0.255. The topological polar surface area (TPSA) is 38.3 Å². The van der Waals surface area contributed by atoms with Crippen LogP contribution in [0.15, 0.2) is 18.2 Å². The molecule has 0 fully saturated rings. The molecule has 0 saturated carbocycles. The quantitative estimate of drug-likeness (QED) is 0.789. The summed E-state index contributed by atoms with van der Waals surface area (Å²) < 4.78 is 77.6. The zero-order chi connectivity index (χ0) is 16.4. The Bertz CT molecular complexity index is 517. The Morgan fingerprint density at radius 1 is 1.10 bits per heavy atom. The van der Waals surface area contributed by atoms with Crippen LogP contribution in [0.25, 0.3) is 0 Å². The van der Waals surface area contributed by atoms with Crippen LogP contribution in [0.3, 0.4) is 0 Å². The van der Waals surface area contributed by atoms with E-state index in [2.05, 4.69) is 4.74 Å². The molecule has 3 nitrogen and oxygen atoms in total. The second kappa shape index (κ2) is 6.18. The Morgan fingerprint density at radius 3 is 2.05 bits per heavy atom. The Kier molecular flexibility index (Phi) is 5.21. The summed E-state index contributed by atoms with van der Waals surface area (Å²) >= 11 is 11.1. The summed E-state index contributed by atoms with van der Waals surface area (Å²) in [5.74, 6) is -0.443. The molecule has 0 aliphatic carbocycles. The highest BCUT2D eigenvalue weighted by Gasteiger charge is 2.57. The van der Waals surface area contributed by atoms with E-state index in [1.165, 1.54) is 6.07 Å². The number of benzene rings is 1. The second-order valence-corrected chi connectivity index (χ2v) is 4.47. The highest BCUT2D eigenvalue weighted by atomic mass is 35.5. The molecule has 0 aliphatic heterocycles. The standard InChI is InChI=1S/C10H5Cl2F6NO2/c11-4-1-2-6(5(12)3-4)21-8(20)19-7(9(13,14)15)10(16,17)18/h1-3,7H,(H,19,20). The molecule has 1 aromatic rings. The smallest absolute Gasteiger partial charge is 0.409 e. The minimum Gasteiger partial charge on any atom is -0.409 e. The normalized spacial score (nSPS) is 12.4. The third-order valence-electron chi connectivity index (χ3n) is 2.01. The Morgan fingerprint density at radius 2 is 1.62 bits per heavy atom. The molecule has 0 unspecified atom stereocenters. The van der Waals surface area contributed by atoms with Gasteiger partial charge in [-0.3, -0.25) is 0 Å².